The van der Waals surface area contributed by atoms with Crippen LogP contribution in [-0.4, -0.2) is 25.8 Å². The number of aromatic nitrogens is 3. The molecule has 0 aliphatic heterocycles. The first-order chi connectivity index (χ1) is 15.5. The fourth-order valence-corrected chi connectivity index (χ4v) is 4.33. The van der Waals surface area contributed by atoms with Crippen molar-refractivity contribution in [2.75, 3.05) is 5.32 Å². The van der Waals surface area contributed by atoms with Gasteiger partial charge >= 0.3 is 6.18 Å². The number of alkyl halides is 3. The normalized spacial score (nSPS) is 15.7. The van der Waals surface area contributed by atoms with Crippen molar-refractivity contribution in [2.24, 2.45) is 0 Å². The summed E-state index contributed by atoms with van der Waals surface area (Å²) in [6.07, 6.45) is 2.75. The van der Waals surface area contributed by atoms with Crippen molar-refractivity contribution in [3.63, 3.8) is 0 Å². The number of anilines is 1. The van der Waals surface area contributed by atoms with Crippen molar-refractivity contribution in [1.29, 1.82) is 0 Å². The van der Waals surface area contributed by atoms with E-state index in [4.69, 9.17) is 5.10 Å². The molecule has 6 nitrogen and oxygen atoms in total. The van der Waals surface area contributed by atoms with Crippen molar-refractivity contribution in [3.8, 4) is 0 Å². The van der Waals surface area contributed by atoms with Gasteiger partial charge in [0.15, 0.2) is 0 Å². The molecule has 2 aromatic heterocycles. The van der Waals surface area contributed by atoms with Crippen molar-refractivity contribution in [2.45, 2.75) is 70.2 Å². The monoisotopic (exact) mass is 460 g/mol. The first kappa shape index (κ1) is 23.2. The highest BCUT2D eigenvalue weighted by Gasteiger charge is 2.32. The van der Waals surface area contributed by atoms with Gasteiger partial charge in [-0.05, 0) is 51.0 Å². The number of amides is 1. The lowest BCUT2D eigenvalue weighted by Crippen LogP contribution is -2.22. The number of carbonyl (C=O) groups excluding carboxylic acids is 1. The van der Waals surface area contributed by atoms with Crippen molar-refractivity contribution in [1.82, 2.24) is 14.8 Å². The van der Waals surface area contributed by atoms with Gasteiger partial charge in [0.2, 0.25) is 5.91 Å². The van der Waals surface area contributed by atoms with Crippen molar-refractivity contribution < 1.29 is 23.1 Å². The molecule has 1 fully saturated rings. The third kappa shape index (κ3) is 5.35. The lowest BCUT2D eigenvalue weighted by atomic mass is 9.95. The van der Waals surface area contributed by atoms with Gasteiger partial charge in [0, 0.05) is 22.8 Å². The van der Waals surface area contributed by atoms with E-state index in [1.54, 1.807) is 26.0 Å². The number of benzene rings is 1. The van der Waals surface area contributed by atoms with Gasteiger partial charge in [-0.15, -0.1) is 0 Å². The number of pyridine rings is 1. The van der Waals surface area contributed by atoms with E-state index in [1.807, 2.05) is 10.9 Å². The van der Waals surface area contributed by atoms with E-state index >= 15 is 0 Å². The average Bonchev–Trinajstić information content (AvgIpc) is 3.16. The van der Waals surface area contributed by atoms with Gasteiger partial charge in [0.05, 0.1) is 29.3 Å². The van der Waals surface area contributed by atoms with E-state index in [1.165, 1.54) is 31.4 Å². The van der Waals surface area contributed by atoms with E-state index in [2.05, 4.69) is 10.3 Å². The van der Waals surface area contributed by atoms with Gasteiger partial charge in [-0.25, -0.2) is 4.98 Å². The summed E-state index contributed by atoms with van der Waals surface area (Å²) < 4.78 is 40.7. The lowest BCUT2D eigenvalue weighted by molar-refractivity contribution is -0.141. The maximum Gasteiger partial charge on any atom is 0.433 e. The molecule has 1 amide bonds. The molecule has 176 valence electrons. The highest BCUT2D eigenvalue weighted by atomic mass is 19.4. The van der Waals surface area contributed by atoms with Crippen LogP contribution in [0.2, 0.25) is 0 Å². The second kappa shape index (κ2) is 8.78. The number of halogens is 3. The van der Waals surface area contributed by atoms with Crippen LogP contribution in [0.25, 0.3) is 10.9 Å². The van der Waals surface area contributed by atoms with Crippen molar-refractivity contribution >= 4 is 22.5 Å². The molecule has 0 radical (unpaired) electrons. The minimum atomic E-state index is -4.58. The van der Waals surface area contributed by atoms with Gasteiger partial charge in [-0.1, -0.05) is 25.3 Å². The Kier molecular flexibility index (Phi) is 6.18. The molecule has 0 unspecified atom stereocenters. The molecule has 1 aliphatic rings. The van der Waals surface area contributed by atoms with Gasteiger partial charge in [0.1, 0.15) is 5.69 Å². The number of fused-ring (bicyclic) bond motifs is 1. The molecule has 2 heterocycles. The van der Waals surface area contributed by atoms with E-state index in [0.29, 0.717) is 17.3 Å². The molecule has 3 aromatic rings. The number of aliphatic hydroxyl groups is 1. The van der Waals surface area contributed by atoms with Crippen LogP contribution in [0, 0.1) is 0 Å². The number of nitrogens with zero attached hydrogens (tertiary/aromatic N) is 3. The first-order valence-corrected chi connectivity index (χ1v) is 11.1. The third-order valence-corrected chi connectivity index (χ3v) is 5.98. The van der Waals surface area contributed by atoms with E-state index in [9.17, 15) is 23.1 Å². The van der Waals surface area contributed by atoms with Crippen LogP contribution >= 0.6 is 0 Å². The topological polar surface area (TPSA) is 80.0 Å². The number of hydrogen-bond acceptors (Lipinski definition) is 4. The van der Waals surface area contributed by atoms with Gasteiger partial charge < -0.3 is 10.4 Å². The lowest BCUT2D eigenvalue weighted by Gasteiger charge is -2.22. The number of nitrogens with one attached hydrogen (secondary N) is 1. The molecular formula is C24H27F3N4O2. The Hall–Kier alpha value is -2.94. The predicted octanol–water partition coefficient (Wildman–Crippen LogP) is 5.36. The molecule has 0 atom stereocenters. The number of hydrogen-bond donors (Lipinski definition) is 2. The first-order valence-electron chi connectivity index (χ1n) is 11.1. The van der Waals surface area contributed by atoms with Crippen LogP contribution in [0.4, 0.5) is 18.9 Å². The molecule has 4 rings (SSSR count). The summed E-state index contributed by atoms with van der Waals surface area (Å²) in [6.45, 7) is 3.21. The molecule has 1 aromatic carbocycles. The molecule has 1 saturated carbocycles. The zero-order chi connectivity index (χ0) is 23.8. The summed E-state index contributed by atoms with van der Waals surface area (Å²) in [4.78, 5) is 16.2. The molecule has 1 aliphatic carbocycles. The molecule has 33 heavy (non-hydrogen) atoms. The van der Waals surface area contributed by atoms with Crippen LogP contribution in [0.1, 0.15) is 68.9 Å². The molecule has 0 bridgehead atoms. The van der Waals surface area contributed by atoms with Crippen LogP contribution in [-0.2, 0) is 23.0 Å². The smallest absolute Gasteiger partial charge is 0.386 e. The fourth-order valence-electron chi connectivity index (χ4n) is 4.33. The van der Waals surface area contributed by atoms with Crippen LogP contribution < -0.4 is 5.32 Å². The van der Waals surface area contributed by atoms with Gasteiger partial charge in [-0.2, -0.15) is 18.3 Å². The Morgan fingerprint density at radius 3 is 2.58 bits per heavy atom. The molecule has 0 spiro atoms. The summed E-state index contributed by atoms with van der Waals surface area (Å²) in [5.41, 5.74) is -0.695. The maximum atomic E-state index is 12.9. The zero-order valence-corrected chi connectivity index (χ0v) is 18.6. The van der Waals surface area contributed by atoms with E-state index in [0.717, 1.165) is 29.8 Å². The highest BCUT2D eigenvalue weighted by molar-refractivity contribution is 5.96. The number of rotatable bonds is 5. The Morgan fingerprint density at radius 1 is 1.18 bits per heavy atom. The Morgan fingerprint density at radius 2 is 1.91 bits per heavy atom. The Labute approximate surface area is 189 Å². The molecule has 0 saturated heterocycles. The zero-order valence-electron chi connectivity index (χ0n) is 18.6. The van der Waals surface area contributed by atoms with E-state index < -0.39 is 23.4 Å². The summed E-state index contributed by atoms with van der Waals surface area (Å²) >= 11 is 0. The average molecular weight is 461 g/mol. The maximum absolute atomic E-state index is 12.9. The quantitative estimate of drug-likeness (QED) is 0.537. The standard InChI is InChI=1S/C24H27F3N4O2/c1-23(2,33)18-13-19-15(14-31(30-19)17-8-4-3-5-9-17)11-20(18)29-22(32)12-16-7-6-10-21(28-16)24(25,26)27/h6-7,10-11,13-14,17,33H,3-5,8-9,12H2,1-2H3,(H,29,32). The molecular weight excluding hydrogens is 433 g/mol. The van der Waals surface area contributed by atoms with Gasteiger partial charge in [0.25, 0.3) is 0 Å². The molecule has 2 N–H and O–H groups in total. The second-order valence-electron chi connectivity index (χ2n) is 9.15. The fraction of sp³-hybridized carbons (Fsp3) is 0.458. The van der Waals surface area contributed by atoms with Gasteiger partial charge in [-0.3, -0.25) is 9.48 Å². The second-order valence-corrected chi connectivity index (χ2v) is 9.15. The minimum Gasteiger partial charge on any atom is -0.386 e. The third-order valence-electron chi connectivity index (χ3n) is 5.98. The Balaban J connectivity index is 1.61. The van der Waals surface area contributed by atoms with Crippen molar-refractivity contribution in [3.05, 3.63) is 53.5 Å². The summed E-state index contributed by atoms with van der Waals surface area (Å²) in [6, 6.07) is 7.32. The summed E-state index contributed by atoms with van der Waals surface area (Å²) in [7, 11) is 0. The van der Waals surface area contributed by atoms with Crippen LogP contribution in [0.15, 0.2) is 36.5 Å². The highest BCUT2D eigenvalue weighted by Crippen LogP contribution is 2.34. The summed E-state index contributed by atoms with van der Waals surface area (Å²) in [5, 5.41) is 19.0. The van der Waals surface area contributed by atoms with Crippen LogP contribution in [0.3, 0.4) is 0 Å². The van der Waals surface area contributed by atoms with E-state index in [-0.39, 0.29) is 12.1 Å². The predicted molar refractivity (Wildman–Crippen MR) is 119 cm³/mol. The van der Waals surface area contributed by atoms with Crippen LogP contribution in [0.5, 0.6) is 0 Å². The summed E-state index contributed by atoms with van der Waals surface area (Å²) in [5.74, 6) is -0.522. The minimum absolute atomic E-state index is 0.0123. The Bertz CT molecular complexity index is 1160. The largest absolute Gasteiger partial charge is 0.433 e. The molecule has 9 heteroatoms. The number of carbonyl (C=O) groups is 1. The SMILES string of the molecule is CC(C)(O)c1cc2nn(C3CCCCC3)cc2cc1NC(=O)Cc1cccc(C(F)(F)F)n1.